The third-order valence-electron chi connectivity index (χ3n) is 3.47. The fourth-order valence-electron chi connectivity index (χ4n) is 1.89. The summed E-state index contributed by atoms with van der Waals surface area (Å²) in [5.74, 6) is 0. The standard InChI is InChI=1S/C14H23N3O2S.2ClH/c1-11(9-17-20(18,19)14-6-7-14)16-10-13-4-2-12(8-15)3-5-13;;/h2-5,11,14,16-17H,6-10,15H2,1H3;2*1H. The van der Waals surface area contributed by atoms with E-state index in [1.165, 1.54) is 5.56 Å². The molecule has 1 saturated carbocycles. The summed E-state index contributed by atoms with van der Waals surface area (Å²) in [6.07, 6.45) is 1.59. The number of nitrogens with two attached hydrogens (primary N) is 1. The van der Waals surface area contributed by atoms with E-state index < -0.39 is 10.0 Å². The van der Waals surface area contributed by atoms with Crippen LogP contribution in [0.15, 0.2) is 24.3 Å². The Morgan fingerprint density at radius 1 is 1.18 bits per heavy atom. The zero-order valence-electron chi connectivity index (χ0n) is 12.6. The predicted octanol–water partition coefficient (Wildman–Crippen LogP) is 1.55. The van der Waals surface area contributed by atoms with Crippen molar-refractivity contribution in [3.05, 3.63) is 35.4 Å². The topological polar surface area (TPSA) is 84.2 Å². The molecule has 1 aromatic carbocycles. The molecule has 1 atom stereocenters. The normalized spacial score (nSPS) is 15.5. The molecule has 8 heteroatoms. The first-order valence-electron chi connectivity index (χ1n) is 7.01. The van der Waals surface area contributed by atoms with E-state index in [1.807, 2.05) is 31.2 Å². The molecule has 128 valence electrons. The zero-order valence-corrected chi connectivity index (χ0v) is 15.1. The molecule has 0 aromatic heterocycles. The number of hydrogen-bond donors (Lipinski definition) is 3. The maximum Gasteiger partial charge on any atom is 0.214 e. The number of sulfonamides is 1. The van der Waals surface area contributed by atoms with Crippen LogP contribution in [0.4, 0.5) is 0 Å². The maximum atomic E-state index is 11.7. The van der Waals surface area contributed by atoms with E-state index in [0.717, 1.165) is 24.9 Å². The van der Waals surface area contributed by atoms with Crippen LogP contribution >= 0.6 is 24.8 Å². The van der Waals surface area contributed by atoms with Crippen LogP contribution in [0.1, 0.15) is 30.9 Å². The highest BCUT2D eigenvalue weighted by molar-refractivity contribution is 7.90. The molecule has 1 aromatic rings. The van der Waals surface area contributed by atoms with Gasteiger partial charge in [0.15, 0.2) is 0 Å². The summed E-state index contributed by atoms with van der Waals surface area (Å²) in [6, 6.07) is 8.19. The second kappa shape index (κ2) is 9.70. The van der Waals surface area contributed by atoms with E-state index in [-0.39, 0.29) is 36.1 Å². The van der Waals surface area contributed by atoms with Gasteiger partial charge in [0.05, 0.1) is 5.25 Å². The number of nitrogens with one attached hydrogen (secondary N) is 2. The van der Waals surface area contributed by atoms with Crippen LogP contribution < -0.4 is 15.8 Å². The number of rotatable bonds is 8. The third kappa shape index (κ3) is 6.81. The fourth-order valence-corrected chi connectivity index (χ4v) is 3.37. The SMILES string of the molecule is CC(CNS(=O)(=O)C1CC1)NCc1ccc(CN)cc1.Cl.Cl. The molecule has 1 aliphatic carbocycles. The summed E-state index contributed by atoms with van der Waals surface area (Å²) in [4.78, 5) is 0. The Balaban J connectivity index is 0.00000220. The van der Waals surface area contributed by atoms with Gasteiger partial charge >= 0.3 is 0 Å². The molecular formula is C14H25Cl2N3O2S. The molecule has 0 bridgehead atoms. The minimum atomic E-state index is -3.08. The second-order valence-corrected chi connectivity index (χ2v) is 7.44. The van der Waals surface area contributed by atoms with E-state index >= 15 is 0 Å². The maximum absolute atomic E-state index is 11.7. The molecule has 4 N–H and O–H groups in total. The van der Waals surface area contributed by atoms with Gasteiger partial charge in [-0.05, 0) is 30.9 Å². The van der Waals surface area contributed by atoms with Crippen LogP contribution in [0, 0.1) is 0 Å². The molecule has 0 amide bonds. The van der Waals surface area contributed by atoms with Gasteiger partial charge in [0.25, 0.3) is 0 Å². The van der Waals surface area contributed by atoms with Gasteiger partial charge in [-0.3, -0.25) is 0 Å². The quantitative estimate of drug-likeness (QED) is 0.648. The Morgan fingerprint density at radius 2 is 1.73 bits per heavy atom. The monoisotopic (exact) mass is 369 g/mol. The van der Waals surface area contributed by atoms with Crippen LogP contribution in [-0.4, -0.2) is 26.3 Å². The largest absolute Gasteiger partial charge is 0.326 e. The van der Waals surface area contributed by atoms with Crippen molar-refractivity contribution < 1.29 is 8.42 Å². The molecule has 1 unspecified atom stereocenters. The number of benzene rings is 1. The van der Waals surface area contributed by atoms with Crippen LogP contribution in [0.25, 0.3) is 0 Å². The van der Waals surface area contributed by atoms with Gasteiger partial charge in [-0.25, -0.2) is 13.1 Å². The number of halogens is 2. The number of hydrogen-bond acceptors (Lipinski definition) is 4. The van der Waals surface area contributed by atoms with Crippen molar-refractivity contribution in [3.63, 3.8) is 0 Å². The lowest BCUT2D eigenvalue weighted by Crippen LogP contribution is -2.39. The van der Waals surface area contributed by atoms with Crippen LogP contribution in [-0.2, 0) is 23.1 Å². The minimum Gasteiger partial charge on any atom is -0.326 e. The van der Waals surface area contributed by atoms with Crippen molar-refractivity contribution in [1.82, 2.24) is 10.0 Å². The van der Waals surface area contributed by atoms with Gasteiger partial charge in [-0.15, -0.1) is 24.8 Å². The van der Waals surface area contributed by atoms with E-state index in [2.05, 4.69) is 10.0 Å². The smallest absolute Gasteiger partial charge is 0.214 e. The van der Waals surface area contributed by atoms with Crippen molar-refractivity contribution in [1.29, 1.82) is 0 Å². The average Bonchev–Trinajstić information content (AvgIpc) is 3.28. The first kappa shape index (κ1) is 21.6. The second-order valence-electron chi connectivity index (χ2n) is 5.40. The summed E-state index contributed by atoms with van der Waals surface area (Å²) in [5, 5.41) is 3.16. The first-order valence-corrected chi connectivity index (χ1v) is 8.55. The molecule has 5 nitrogen and oxygen atoms in total. The molecule has 0 saturated heterocycles. The lowest BCUT2D eigenvalue weighted by molar-refractivity contribution is 0.524. The van der Waals surface area contributed by atoms with E-state index in [4.69, 9.17) is 5.73 Å². The Hall–Kier alpha value is -0.370. The van der Waals surface area contributed by atoms with Gasteiger partial charge in [0, 0.05) is 25.7 Å². The molecular weight excluding hydrogens is 345 g/mol. The van der Waals surface area contributed by atoms with Gasteiger partial charge in [0.2, 0.25) is 10.0 Å². The predicted molar refractivity (Wildman–Crippen MR) is 95.1 cm³/mol. The van der Waals surface area contributed by atoms with E-state index in [1.54, 1.807) is 0 Å². The van der Waals surface area contributed by atoms with Crippen molar-refractivity contribution in [3.8, 4) is 0 Å². The van der Waals surface area contributed by atoms with E-state index in [0.29, 0.717) is 13.1 Å². The lowest BCUT2D eigenvalue weighted by Gasteiger charge is -2.15. The summed E-state index contributed by atoms with van der Waals surface area (Å²) in [6.45, 7) is 3.67. The van der Waals surface area contributed by atoms with Gasteiger partial charge in [0.1, 0.15) is 0 Å². The molecule has 0 radical (unpaired) electrons. The summed E-state index contributed by atoms with van der Waals surface area (Å²) < 4.78 is 26.1. The Morgan fingerprint density at radius 3 is 2.23 bits per heavy atom. The third-order valence-corrected chi connectivity index (χ3v) is 5.39. The average molecular weight is 370 g/mol. The van der Waals surface area contributed by atoms with Crippen LogP contribution in [0.3, 0.4) is 0 Å². The highest BCUT2D eigenvalue weighted by atomic mass is 35.5. The molecule has 0 aliphatic heterocycles. The summed E-state index contributed by atoms with van der Waals surface area (Å²) in [7, 11) is -3.08. The summed E-state index contributed by atoms with van der Waals surface area (Å²) in [5.41, 5.74) is 7.83. The van der Waals surface area contributed by atoms with Crippen molar-refractivity contribution in [2.75, 3.05) is 6.54 Å². The van der Waals surface area contributed by atoms with Crippen molar-refractivity contribution in [2.45, 2.75) is 44.1 Å². The Bertz CT molecular complexity index is 534. The molecule has 22 heavy (non-hydrogen) atoms. The molecule has 0 spiro atoms. The molecule has 2 rings (SSSR count). The molecule has 0 heterocycles. The summed E-state index contributed by atoms with van der Waals surface area (Å²) >= 11 is 0. The highest BCUT2D eigenvalue weighted by Crippen LogP contribution is 2.27. The van der Waals surface area contributed by atoms with Crippen molar-refractivity contribution >= 4 is 34.8 Å². The van der Waals surface area contributed by atoms with Crippen LogP contribution in [0.5, 0.6) is 0 Å². The first-order chi connectivity index (χ1) is 9.51. The van der Waals surface area contributed by atoms with Gasteiger partial charge in [-0.2, -0.15) is 0 Å². The zero-order chi connectivity index (χ0) is 14.6. The van der Waals surface area contributed by atoms with Crippen LogP contribution in [0.2, 0.25) is 0 Å². The van der Waals surface area contributed by atoms with Gasteiger partial charge in [-0.1, -0.05) is 24.3 Å². The van der Waals surface area contributed by atoms with Crippen molar-refractivity contribution in [2.24, 2.45) is 5.73 Å². The van der Waals surface area contributed by atoms with E-state index in [9.17, 15) is 8.42 Å². The lowest BCUT2D eigenvalue weighted by atomic mass is 10.1. The molecule has 1 fully saturated rings. The molecule has 1 aliphatic rings. The Kier molecular flexibility index (Phi) is 9.54. The highest BCUT2D eigenvalue weighted by Gasteiger charge is 2.35. The fraction of sp³-hybridized carbons (Fsp3) is 0.571. The Labute approximate surface area is 145 Å². The minimum absolute atomic E-state index is 0. The van der Waals surface area contributed by atoms with Gasteiger partial charge < -0.3 is 11.1 Å².